The second-order valence-corrected chi connectivity index (χ2v) is 10.1. The number of sulfonamides is 1. The number of fused-ring (bicyclic) bond motifs is 1. The van der Waals surface area contributed by atoms with Gasteiger partial charge in [-0.2, -0.15) is 4.31 Å². The van der Waals surface area contributed by atoms with Crippen LogP contribution >= 0.6 is 0 Å². The lowest BCUT2D eigenvalue weighted by atomic mass is 9.98. The summed E-state index contributed by atoms with van der Waals surface area (Å²) in [5.41, 5.74) is 2.05. The molecule has 2 aromatic carbocycles. The normalized spacial score (nSPS) is 19.4. The molecule has 0 radical (unpaired) electrons. The Kier molecular flexibility index (Phi) is 6.48. The van der Waals surface area contributed by atoms with Gasteiger partial charge >= 0.3 is 0 Å². The Balaban J connectivity index is 1.50. The molecule has 0 aromatic heterocycles. The molecule has 1 fully saturated rings. The van der Waals surface area contributed by atoms with E-state index in [2.05, 4.69) is 10.6 Å². The third-order valence-electron chi connectivity index (χ3n) is 5.96. The minimum absolute atomic E-state index is 0.0562. The monoisotopic (exact) mass is 457 g/mol. The minimum atomic E-state index is -3.76. The summed E-state index contributed by atoms with van der Waals surface area (Å²) >= 11 is 0. The second-order valence-electron chi connectivity index (χ2n) is 8.11. The number of rotatable bonds is 5. The zero-order valence-electron chi connectivity index (χ0n) is 18.0. The van der Waals surface area contributed by atoms with Gasteiger partial charge in [-0.05, 0) is 61.6 Å². The molecule has 1 atom stereocenters. The molecule has 0 unspecified atom stereocenters. The maximum absolute atomic E-state index is 13.3. The van der Waals surface area contributed by atoms with Gasteiger partial charge in [0.25, 0.3) is 0 Å². The lowest BCUT2D eigenvalue weighted by molar-refractivity contribution is -0.121. The van der Waals surface area contributed by atoms with Gasteiger partial charge in [0, 0.05) is 25.2 Å². The Morgan fingerprint density at radius 1 is 1.16 bits per heavy atom. The first kappa shape index (κ1) is 22.3. The zero-order chi connectivity index (χ0) is 22.7. The van der Waals surface area contributed by atoms with Crippen molar-refractivity contribution in [3.63, 3.8) is 0 Å². The molecular weight excluding hydrogens is 430 g/mol. The Hall–Kier alpha value is -2.91. The quantitative estimate of drug-likeness (QED) is 0.718. The van der Waals surface area contributed by atoms with Crippen molar-refractivity contribution < 1.29 is 22.7 Å². The number of para-hydroxylation sites is 2. The molecule has 9 heteroatoms. The Morgan fingerprint density at radius 2 is 1.97 bits per heavy atom. The van der Waals surface area contributed by atoms with Gasteiger partial charge < -0.3 is 15.4 Å². The van der Waals surface area contributed by atoms with Gasteiger partial charge in [0.1, 0.15) is 5.75 Å². The van der Waals surface area contributed by atoms with E-state index in [4.69, 9.17) is 4.74 Å². The number of nitrogens with zero attached hydrogens (tertiary/aromatic N) is 1. The number of hydrogen-bond acceptors (Lipinski definition) is 5. The van der Waals surface area contributed by atoms with Gasteiger partial charge in [-0.1, -0.05) is 12.1 Å². The summed E-state index contributed by atoms with van der Waals surface area (Å²) in [7, 11) is -2.22. The average Bonchev–Trinajstić information content (AvgIpc) is 2.99. The van der Waals surface area contributed by atoms with E-state index in [9.17, 15) is 18.0 Å². The summed E-state index contributed by atoms with van der Waals surface area (Å²) in [5, 5.41) is 5.69. The molecule has 0 aliphatic carbocycles. The maximum atomic E-state index is 13.3. The molecule has 2 amide bonds. The van der Waals surface area contributed by atoms with Gasteiger partial charge in [-0.15, -0.1) is 0 Å². The van der Waals surface area contributed by atoms with E-state index < -0.39 is 15.9 Å². The van der Waals surface area contributed by atoms with Crippen LogP contribution < -0.4 is 15.4 Å². The van der Waals surface area contributed by atoms with Crippen LogP contribution in [0.5, 0.6) is 5.75 Å². The van der Waals surface area contributed by atoms with E-state index in [1.807, 2.05) is 6.07 Å². The van der Waals surface area contributed by atoms with Gasteiger partial charge in [-0.25, -0.2) is 8.42 Å². The van der Waals surface area contributed by atoms with E-state index in [1.165, 1.54) is 17.5 Å². The number of carbonyl (C=O) groups is 2. The molecule has 0 saturated carbocycles. The number of nitrogens with one attached hydrogen (secondary N) is 2. The van der Waals surface area contributed by atoms with Crippen molar-refractivity contribution >= 4 is 33.2 Å². The molecule has 2 aliphatic rings. The first-order valence-electron chi connectivity index (χ1n) is 10.8. The number of amides is 2. The van der Waals surface area contributed by atoms with Crippen molar-refractivity contribution in [1.29, 1.82) is 0 Å². The van der Waals surface area contributed by atoms with E-state index >= 15 is 0 Å². The van der Waals surface area contributed by atoms with Gasteiger partial charge in [0.15, 0.2) is 0 Å². The number of methoxy groups -OCH3 is 1. The number of ether oxygens (including phenoxy) is 1. The van der Waals surface area contributed by atoms with Crippen molar-refractivity contribution in [3.8, 4) is 5.75 Å². The highest BCUT2D eigenvalue weighted by Crippen LogP contribution is 2.30. The standard InChI is InChI=1S/C23H27N3O5S/c1-31-21-9-3-2-8-20(21)25-23(28)17-7-5-13-26(15-17)32(29,30)18-11-12-19-16(14-18)6-4-10-22(27)24-19/h2-3,8-9,11-12,14,17H,4-7,10,13,15H2,1H3,(H,24,27)(H,25,28)/t17-/m1/s1. The van der Waals surface area contributed by atoms with E-state index in [0.29, 0.717) is 55.8 Å². The lowest BCUT2D eigenvalue weighted by Gasteiger charge is -2.31. The fraction of sp³-hybridized carbons (Fsp3) is 0.391. The molecule has 4 rings (SSSR count). The van der Waals surface area contributed by atoms with Crippen LogP contribution in [0.25, 0.3) is 0 Å². The first-order chi connectivity index (χ1) is 15.4. The smallest absolute Gasteiger partial charge is 0.243 e. The minimum Gasteiger partial charge on any atom is -0.495 e. The van der Waals surface area contributed by atoms with Crippen LogP contribution in [0.1, 0.15) is 31.2 Å². The molecular formula is C23H27N3O5S. The van der Waals surface area contributed by atoms with Gasteiger partial charge in [0.2, 0.25) is 21.8 Å². The van der Waals surface area contributed by atoms with Crippen LogP contribution in [-0.2, 0) is 26.0 Å². The number of hydrogen-bond donors (Lipinski definition) is 2. The van der Waals surface area contributed by atoms with Crippen molar-refractivity contribution in [1.82, 2.24) is 4.31 Å². The number of aryl methyl sites for hydroxylation is 1. The number of anilines is 2. The number of benzene rings is 2. The number of piperidine rings is 1. The Bertz CT molecular complexity index is 1130. The van der Waals surface area contributed by atoms with Crippen molar-refractivity contribution in [2.45, 2.75) is 37.0 Å². The maximum Gasteiger partial charge on any atom is 0.243 e. The zero-order valence-corrected chi connectivity index (χ0v) is 18.8. The van der Waals surface area contributed by atoms with Crippen molar-refractivity contribution in [3.05, 3.63) is 48.0 Å². The van der Waals surface area contributed by atoms with Crippen LogP contribution in [0.15, 0.2) is 47.4 Å². The molecule has 0 spiro atoms. The molecule has 32 heavy (non-hydrogen) atoms. The topological polar surface area (TPSA) is 105 Å². The van der Waals surface area contributed by atoms with Crippen LogP contribution in [-0.4, -0.2) is 44.7 Å². The first-order valence-corrected chi connectivity index (χ1v) is 12.2. The predicted octanol–water partition coefficient (Wildman–Crippen LogP) is 3.01. The second kappa shape index (κ2) is 9.30. The van der Waals surface area contributed by atoms with Crippen LogP contribution in [0.3, 0.4) is 0 Å². The summed E-state index contributed by atoms with van der Waals surface area (Å²) in [6, 6.07) is 12.0. The lowest BCUT2D eigenvalue weighted by Crippen LogP contribution is -2.43. The molecule has 0 bridgehead atoms. The highest BCUT2D eigenvalue weighted by atomic mass is 32.2. The van der Waals surface area contributed by atoms with E-state index in [0.717, 1.165) is 5.56 Å². The third-order valence-corrected chi connectivity index (χ3v) is 7.82. The van der Waals surface area contributed by atoms with Gasteiger partial charge in [-0.3, -0.25) is 9.59 Å². The molecule has 2 aliphatic heterocycles. The van der Waals surface area contributed by atoms with Crippen LogP contribution in [0.4, 0.5) is 11.4 Å². The Morgan fingerprint density at radius 3 is 2.78 bits per heavy atom. The Labute approximate surface area is 188 Å². The molecule has 170 valence electrons. The highest BCUT2D eigenvalue weighted by Gasteiger charge is 2.34. The SMILES string of the molecule is COc1ccccc1NC(=O)[C@@H]1CCCN(S(=O)(=O)c2ccc3c(c2)CCCC(=O)N3)C1. The van der Waals surface area contributed by atoms with Crippen molar-refractivity contribution in [2.24, 2.45) is 5.92 Å². The summed E-state index contributed by atoms with van der Waals surface area (Å²) in [5.74, 6) is -0.180. The fourth-order valence-electron chi connectivity index (χ4n) is 4.22. The van der Waals surface area contributed by atoms with Crippen molar-refractivity contribution in [2.75, 3.05) is 30.8 Å². The molecule has 8 nitrogen and oxygen atoms in total. The third kappa shape index (κ3) is 4.63. The summed E-state index contributed by atoms with van der Waals surface area (Å²) < 4.78 is 33.3. The largest absolute Gasteiger partial charge is 0.495 e. The van der Waals surface area contributed by atoms with E-state index in [-0.39, 0.29) is 23.3 Å². The average molecular weight is 458 g/mol. The predicted molar refractivity (Wildman–Crippen MR) is 121 cm³/mol. The highest BCUT2D eigenvalue weighted by molar-refractivity contribution is 7.89. The van der Waals surface area contributed by atoms with E-state index in [1.54, 1.807) is 30.3 Å². The summed E-state index contributed by atoms with van der Waals surface area (Å²) in [6.07, 6.45) is 2.96. The van der Waals surface area contributed by atoms with Gasteiger partial charge in [0.05, 0.1) is 23.6 Å². The van der Waals surface area contributed by atoms with Crippen LogP contribution in [0, 0.1) is 5.92 Å². The number of carbonyl (C=O) groups excluding carboxylic acids is 2. The molecule has 2 heterocycles. The molecule has 2 N–H and O–H groups in total. The summed E-state index contributed by atoms with van der Waals surface area (Å²) in [6.45, 7) is 0.492. The molecule has 1 saturated heterocycles. The summed E-state index contributed by atoms with van der Waals surface area (Å²) in [4.78, 5) is 24.8. The fourth-order valence-corrected chi connectivity index (χ4v) is 5.79. The van der Waals surface area contributed by atoms with Crippen LogP contribution in [0.2, 0.25) is 0 Å². The molecule has 2 aromatic rings.